The van der Waals surface area contributed by atoms with Gasteiger partial charge in [-0.15, -0.1) is 0 Å². The summed E-state index contributed by atoms with van der Waals surface area (Å²) in [7, 11) is -1.42. The molecule has 2 amide bonds. The Morgan fingerprint density at radius 1 is 0.850 bits per heavy atom. The van der Waals surface area contributed by atoms with Gasteiger partial charge in [0.05, 0.1) is 5.69 Å². The molecule has 214 valence electrons. The predicted molar refractivity (Wildman–Crippen MR) is 155 cm³/mol. The van der Waals surface area contributed by atoms with Gasteiger partial charge in [0, 0.05) is 33.6 Å². The number of carbonyl (C=O) groups is 2. The van der Waals surface area contributed by atoms with Crippen LogP contribution in [0.5, 0.6) is 0 Å². The lowest BCUT2D eigenvalue weighted by Gasteiger charge is -2.34. The second-order valence-electron chi connectivity index (χ2n) is 10.1. The van der Waals surface area contributed by atoms with Crippen LogP contribution in [0.3, 0.4) is 0 Å². The first-order chi connectivity index (χ1) is 19.0. The fourth-order valence-corrected chi connectivity index (χ4v) is 5.14. The molecule has 3 rings (SSSR count). The first-order valence-corrected chi connectivity index (χ1v) is 14.5. The lowest BCUT2D eigenvalue weighted by atomic mass is 10.0. The van der Waals surface area contributed by atoms with Gasteiger partial charge < -0.3 is 10.2 Å². The van der Waals surface area contributed by atoms with Gasteiger partial charge in [0.25, 0.3) is 0 Å². The minimum Gasteiger partial charge on any atom is -0.354 e. The highest BCUT2D eigenvalue weighted by Gasteiger charge is 2.34. The molecule has 40 heavy (non-hydrogen) atoms. The number of anilines is 1. The first kappa shape index (κ1) is 30.8. The van der Waals surface area contributed by atoms with Crippen molar-refractivity contribution in [3.8, 4) is 0 Å². The van der Waals surface area contributed by atoms with Crippen LogP contribution in [0.1, 0.15) is 25.0 Å². The Hall–Kier alpha value is -3.76. The highest BCUT2D eigenvalue weighted by molar-refractivity contribution is 7.90. The minimum absolute atomic E-state index is 0.0888. The van der Waals surface area contributed by atoms with Gasteiger partial charge in [-0.1, -0.05) is 74.5 Å². The highest BCUT2D eigenvalue weighted by atomic mass is 32.2. The molecule has 0 aromatic heterocycles. The van der Waals surface area contributed by atoms with Crippen molar-refractivity contribution in [1.82, 2.24) is 14.5 Å². The summed E-state index contributed by atoms with van der Waals surface area (Å²) in [5.41, 5.74) is 1.77. The first-order valence-electron chi connectivity index (χ1n) is 13.1. The van der Waals surface area contributed by atoms with E-state index in [1.54, 1.807) is 0 Å². The quantitative estimate of drug-likeness (QED) is 0.339. The van der Waals surface area contributed by atoms with E-state index in [4.69, 9.17) is 0 Å². The second-order valence-corrected chi connectivity index (χ2v) is 12.2. The van der Waals surface area contributed by atoms with Crippen molar-refractivity contribution in [2.75, 3.05) is 31.5 Å². The predicted octanol–water partition coefficient (Wildman–Crippen LogP) is 3.85. The Morgan fingerprint density at radius 3 is 1.93 bits per heavy atom. The zero-order chi connectivity index (χ0) is 29.3. The number of benzene rings is 3. The number of nitrogens with zero attached hydrogens (tertiary/aromatic N) is 3. The molecule has 0 aliphatic heterocycles. The molecule has 3 aromatic carbocycles. The fourth-order valence-electron chi connectivity index (χ4n) is 4.08. The van der Waals surface area contributed by atoms with Crippen molar-refractivity contribution in [3.63, 3.8) is 0 Å². The molecule has 3 aromatic rings. The summed E-state index contributed by atoms with van der Waals surface area (Å²) in [5, 5.41) is 2.95. The molecule has 1 N–H and O–H groups in total. The summed E-state index contributed by atoms with van der Waals surface area (Å²) in [5.74, 6) is -1.24. The van der Waals surface area contributed by atoms with E-state index in [1.165, 1.54) is 31.1 Å². The summed E-state index contributed by atoms with van der Waals surface area (Å²) in [4.78, 5) is 29.1. The molecule has 0 aliphatic carbocycles. The number of rotatable bonds is 13. The van der Waals surface area contributed by atoms with Crippen LogP contribution in [0.4, 0.5) is 10.1 Å². The lowest BCUT2D eigenvalue weighted by molar-refractivity contribution is -0.140. The minimum atomic E-state index is -4.14. The molecule has 0 aliphatic rings. The average molecular weight is 569 g/mol. The summed E-state index contributed by atoms with van der Waals surface area (Å²) < 4.78 is 42.2. The van der Waals surface area contributed by atoms with E-state index in [0.717, 1.165) is 31.9 Å². The van der Waals surface area contributed by atoms with E-state index in [0.29, 0.717) is 6.54 Å². The second kappa shape index (κ2) is 14.0. The van der Waals surface area contributed by atoms with Gasteiger partial charge in [-0.2, -0.15) is 12.7 Å². The third-order valence-electron chi connectivity index (χ3n) is 6.28. The molecular formula is C30H37FN4O4S. The number of hydrogen-bond donors (Lipinski definition) is 1. The third kappa shape index (κ3) is 8.37. The molecule has 8 nitrogen and oxygen atoms in total. The molecule has 0 saturated carbocycles. The van der Waals surface area contributed by atoms with Gasteiger partial charge in [-0.05, 0) is 41.3 Å². The lowest BCUT2D eigenvalue weighted by Crippen LogP contribution is -2.54. The zero-order valence-electron chi connectivity index (χ0n) is 23.3. The topological polar surface area (TPSA) is 90.0 Å². The van der Waals surface area contributed by atoms with Gasteiger partial charge >= 0.3 is 10.2 Å². The Labute approximate surface area is 236 Å². The zero-order valence-corrected chi connectivity index (χ0v) is 24.1. The molecule has 0 fully saturated rings. The van der Waals surface area contributed by atoms with Crippen LogP contribution < -0.4 is 9.62 Å². The largest absolute Gasteiger partial charge is 0.354 e. The molecular weight excluding hydrogens is 531 g/mol. The summed E-state index contributed by atoms with van der Waals surface area (Å²) >= 11 is 0. The van der Waals surface area contributed by atoms with Gasteiger partial charge in [0.2, 0.25) is 11.8 Å². The third-order valence-corrected chi connectivity index (χ3v) is 8.10. The normalized spacial score (nSPS) is 12.3. The van der Waals surface area contributed by atoms with Crippen LogP contribution in [-0.2, 0) is 32.8 Å². The van der Waals surface area contributed by atoms with Crippen LogP contribution >= 0.6 is 0 Å². The number of carbonyl (C=O) groups excluding carboxylic acids is 2. The van der Waals surface area contributed by atoms with Crippen molar-refractivity contribution < 1.29 is 22.4 Å². The number of hydrogen-bond acceptors (Lipinski definition) is 4. The Balaban J connectivity index is 2.06. The van der Waals surface area contributed by atoms with Crippen LogP contribution in [0.25, 0.3) is 0 Å². The van der Waals surface area contributed by atoms with Crippen molar-refractivity contribution in [2.45, 2.75) is 32.9 Å². The molecule has 1 unspecified atom stereocenters. The highest BCUT2D eigenvalue weighted by Crippen LogP contribution is 2.22. The van der Waals surface area contributed by atoms with E-state index >= 15 is 0 Å². The molecule has 0 spiro atoms. The number of amides is 2. The smallest absolute Gasteiger partial charge is 0.304 e. The maximum absolute atomic E-state index is 14.1. The van der Waals surface area contributed by atoms with Crippen LogP contribution in [0.15, 0.2) is 84.9 Å². The monoisotopic (exact) mass is 568 g/mol. The maximum Gasteiger partial charge on any atom is 0.304 e. The SMILES string of the molecule is CC(C)CNC(=O)C(Cc1ccccc1)N(Cc1ccccc1)C(=O)CN(c1ccc(F)cc1)S(=O)(=O)N(C)C. The molecule has 0 saturated heterocycles. The van der Waals surface area contributed by atoms with E-state index in [1.807, 2.05) is 74.5 Å². The van der Waals surface area contributed by atoms with Gasteiger partial charge in [-0.25, -0.2) is 8.70 Å². The number of halogens is 1. The molecule has 0 radical (unpaired) electrons. The van der Waals surface area contributed by atoms with Crippen molar-refractivity contribution in [1.29, 1.82) is 0 Å². The van der Waals surface area contributed by atoms with Crippen LogP contribution in [0, 0.1) is 11.7 Å². The molecule has 0 bridgehead atoms. The average Bonchev–Trinajstić information content (AvgIpc) is 2.93. The summed E-state index contributed by atoms with van der Waals surface area (Å²) in [6.07, 6.45) is 0.236. The summed E-state index contributed by atoms with van der Waals surface area (Å²) in [6.45, 7) is 3.89. The molecule has 1 atom stereocenters. The van der Waals surface area contributed by atoms with E-state index in [-0.39, 0.29) is 30.5 Å². The summed E-state index contributed by atoms with van der Waals surface area (Å²) in [6, 6.07) is 22.6. The van der Waals surface area contributed by atoms with Crippen molar-refractivity contribution >= 4 is 27.7 Å². The maximum atomic E-state index is 14.1. The van der Waals surface area contributed by atoms with Crippen LogP contribution in [-0.4, -0.2) is 62.7 Å². The van der Waals surface area contributed by atoms with E-state index in [9.17, 15) is 22.4 Å². The van der Waals surface area contributed by atoms with E-state index in [2.05, 4.69) is 5.32 Å². The van der Waals surface area contributed by atoms with Crippen molar-refractivity contribution in [2.24, 2.45) is 5.92 Å². The van der Waals surface area contributed by atoms with Gasteiger partial charge in [0.1, 0.15) is 18.4 Å². The van der Waals surface area contributed by atoms with Crippen LogP contribution in [0.2, 0.25) is 0 Å². The van der Waals surface area contributed by atoms with Gasteiger partial charge in [0.15, 0.2) is 0 Å². The molecule has 10 heteroatoms. The standard InChI is InChI=1S/C30H37FN4O4S/c1-23(2)20-32-30(37)28(19-24-11-7-5-8-12-24)34(21-25-13-9-6-10-14-25)29(36)22-35(40(38,39)33(3)4)27-17-15-26(31)16-18-27/h5-18,23,28H,19-22H2,1-4H3,(H,32,37). The Bertz CT molecular complexity index is 1350. The van der Waals surface area contributed by atoms with Gasteiger partial charge in [-0.3, -0.25) is 9.59 Å². The molecule has 0 heterocycles. The fraction of sp³-hybridized carbons (Fsp3) is 0.333. The van der Waals surface area contributed by atoms with Crippen molar-refractivity contribution in [3.05, 3.63) is 102 Å². The van der Waals surface area contributed by atoms with E-state index < -0.39 is 34.5 Å². The Morgan fingerprint density at radius 2 is 1.40 bits per heavy atom. The number of nitrogens with one attached hydrogen (secondary N) is 1. The Kier molecular flexibility index (Phi) is 10.8.